The molecule has 1 aliphatic carbocycles. The minimum Gasteiger partial charge on any atom is -0.367 e. The van der Waals surface area contributed by atoms with Crippen molar-refractivity contribution in [3.8, 4) is 0 Å². The zero-order chi connectivity index (χ0) is 15.8. The molecule has 0 aromatic carbocycles. The number of nitrogens with zero attached hydrogens (tertiary/aromatic N) is 1. The zero-order valence-electron chi connectivity index (χ0n) is 15.0. The van der Waals surface area contributed by atoms with E-state index in [9.17, 15) is 0 Å². The number of hydrogen-bond acceptors (Lipinski definition) is 3. The van der Waals surface area contributed by atoms with E-state index < -0.39 is 0 Å². The summed E-state index contributed by atoms with van der Waals surface area (Å²) in [5.74, 6) is 2.30. The van der Waals surface area contributed by atoms with Crippen molar-refractivity contribution in [2.24, 2.45) is 23.5 Å². The van der Waals surface area contributed by atoms with Crippen LogP contribution >= 0.6 is 0 Å². The molecule has 0 spiro atoms. The van der Waals surface area contributed by atoms with Gasteiger partial charge in [0.05, 0.1) is 11.2 Å². The lowest BCUT2D eigenvalue weighted by Crippen LogP contribution is -2.59. The Bertz CT molecular complexity index is 335. The Morgan fingerprint density at radius 2 is 1.67 bits per heavy atom. The summed E-state index contributed by atoms with van der Waals surface area (Å²) in [6, 6.07) is 0.383. The topological polar surface area (TPSA) is 38.5 Å². The second-order valence-corrected chi connectivity index (χ2v) is 9.03. The van der Waals surface area contributed by atoms with Crippen LogP contribution < -0.4 is 5.73 Å². The van der Waals surface area contributed by atoms with Crippen molar-refractivity contribution in [3.05, 3.63) is 0 Å². The van der Waals surface area contributed by atoms with E-state index in [1.54, 1.807) is 0 Å². The highest BCUT2D eigenvalue weighted by Crippen LogP contribution is 2.35. The van der Waals surface area contributed by atoms with Crippen LogP contribution in [0.5, 0.6) is 0 Å². The first-order valence-electron chi connectivity index (χ1n) is 8.76. The van der Waals surface area contributed by atoms with Crippen LogP contribution in [0.25, 0.3) is 0 Å². The SMILES string of the molecule is CC(C)C1CCC(N)C(CN2CC(C)(C)OC(C)(C)C2)C1. The first-order valence-corrected chi connectivity index (χ1v) is 8.76. The summed E-state index contributed by atoms with van der Waals surface area (Å²) < 4.78 is 6.19. The lowest BCUT2D eigenvalue weighted by molar-refractivity contribution is -0.183. The van der Waals surface area contributed by atoms with Gasteiger partial charge in [-0.15, -0.1) is 0 Å². The molecule has 0 radical (unpaired) electrons. The Kier molecular flexibility index (Phi) is 5.07. The molecule has 1 heterocycles. The van der Waals surface area contributed by atoms with Crippen molar-refractivity contribution in [2.45, 2.75) is 78.0 Å². The first-order chi connectivity index (χ1) is 9.58. The van der Waals surface area contributed by atoms with Crippen LogP contribution in [0, 0.1) is 17.8 Å². The van der Waals surface area contributed by atoms with E-state index in [2.05, 4.69) is 46.4 Å². The summed E-state index contributed by atoms with van der Waals surface area (Å²) in [6.07, 6.45) is 3.82. The third-order valence-electron chi connectivity index (χ3n) is 5.28. The molecule has 0 amide bonds. The summed E-state index contributed by atoms with van der Waals surface area (Å²) in [4.78, 5) is 2.59. The van der Waals surface area contributed by atoms with Gasteiger partial charge in [0.25, 0.3) is 0 Å². The van der Waals surface area contributed by atoms with Crippen LogP contribution in [0.2, 0.25) is 0 Å². The molecule has 2 rings (SSSR count). The van der Waals surface area contributed by atoms with Gasteiger partial charge in [0, 0.05) is 25.7 Å². The van der Waals surface area contributed by atoms with Crippen LogP contribution in [-0.4, -0.2) is 41.8 Å². The molecule has 2 N–H and O–H groups in total. The van der Waals surface area contributed by atoms with Gasteiger partial charge in [-0.1, -0.05) is 13.8 Å². The standard InChI is InChI=1S/C18H36N2O/c1-13(2)14-7-8-16(19)15(9-14)10-20-11-17(3,4)21-18(5,6)12-20/h13-16H,7-12,19H2,1-6H3. The monoisotopic (exact) mass is 296 g/mol. The van der Waals surface area contributed by atoms with Gasteiger partial charge in [0.15, 0.2) is 0 Å². The number of morpholine rings is 1. The van der Waals surface area contributed by atoms with E-state index in [4.69, 9.17) is 10.5 Å². The Morgan fingerprint density at radius 1 is 1.10 bits per heavy atom. The highest BCUT2D eigenvalue weighted by molar-refractivity contribution is 4.92. The van der Waals surface area contributed by atoms with Gasteiger partial charge in [-0.3, -0.25) is 4.90 Å². The van der Waals surface area contributed by atoms with Gasteiger partial charge >= 0.3 is 0 Å². The first kappa shape index (κ1) is 17.2. The van der Waals surface area contributed by atoms with Crippen molar-refractivity contribution in [2.75, 3.05) is 19.6 Å². The predicted molar refractivity (Wildman–Crippen MR) is 89.3 cm³/mol. The summed E-state index contributed by atoms with van der Waals surface area (Å²) in [5, 5.41) is 0. The van der Waals surface area contributed by atoms with E-state index in [0.29, 0.717) is 12.0 Å². The molecule has 1 saturated heterocycles. The van der Waals surface area contributed by atoms with E-state index in [1.165, 1.54) is 19.3 Å². The number of rotatable bonds is 3. The molecule has 3 unspecified atom stereocenters. The van der Waals surface area contributed by atoms with Gasteiger partial charge in [0.1, 0.15) is 0 Å². The zero-order valence-corrected chi connectivity index (χ0v) is 15.0. The van der Waals surface area contributed by atoms with Crippen molar-refractivity contribution in [3.63, 3.8) is 0 Å². The molecule has 1 saturated carbocycles. The molecule has 0 aromatic heterocycles. The molecule has 1 aliphatic heterocycles. The summed E-state index contributed by atoms with van der Waals surface area (Å²) in [5.41, 5.74) is 6.32. The molecule has 3 atom stereocenters. The lowest BCUT2D eigenvalue weighted by Gasteiger charge is -2.49. The summed E-state index contributed by atoms with van der Waals surface area (Å²) >= 11 is 0. The van der Waals surface area contributed by atoms with Crippen LogP contribution in [0.1, 0.15) is 60.8 Å². The van der Waals surface area contributed by atoms with Gasteiger partial charge in [0.2, 0.25) is 0 Å². The van der Waals surface area contributed by atoms with Gasteiger partial charge in [-0.25, -0.2) is 0 Å². The van der Waals surface area contributed by atoms with Crippen LogP contribution in [0.4, 0.5) is 0 Å². The van der Waals surface area contributed by atoms with E-state index in [-0.39, 0.29) is 11.2 Å². The normalized spacial score (nSPS) is 36.9. The second kappa shape index (κ2) is 6.17. The largest absolute Gasteiger partial charge is 0.367 e. The van der Waals surface area contributed by atoms with Gasteiger partial charge < -0.3 is 10.5 Å². The molecular formula is C18H36N2O. The number of ether oxygens (including phenoxy) is 1. The quantitative estimate of drug-likeness (QED) is 0.868. The van der Waals surface area contributed by atoms with Crippen LogP contribution in [0.15, 0.2) is 0 Å². The highest BCUT2D eigenvalue weighted by atomic mass is 16.5. The lowest BCUT2D eigenvalue weighted by atomic mass is 9.73. The summed E-state index contributed by atoms with van der Waals surface area (Å²) in [7, 11) is 0. The predicted octanol–water partition coefficient (Wildman–Crippen LogP) is 3.28. The van der Waals surface area contributed by atoms with Crippen LogP contribution in [0.3, 0.4) is 0 Å². The van der Waals surface area contributed by atoms with Crippen molar-refractivity contribution < 1.29 is 4.74 Å². The third-order valence-corrected chi connectivity index (χ3v) is 5.28. The summed E-state index contributed by atoms with van der Waals surface area (Å²) in [6.45, 7) is 16.7. The minimum atomic E-state index is -0.0576. The van der Waals surface area contributed by atoms with E-state index >= 15 is 0 Å². The molecule has 21 heavy (non-hydrogen) atoms. The van der Waals surface area contributed by atoms with Crippen LogP contribution in [-0.2, 0) is 4.74 Å². The molecular weight excluding hydrogens is 260 g/mol. The molecule has 2 aliphatic rings. The molecule has 124 valence electrons. The van der Waals surface area contributed by atoms with Crippen molar-refractivity contribution in [1.29, 1.82) is 0 Å². The smallest absolute Gasteiger partial charge is 0.0760 e. The molecule has 0 aromatic rings. The number of nitrogens with two attached hydrogens (primary N) is 1. The molecule has 2 fully saturated rings. The molecule has 3 nitrogen and oxygen atoms in total. The maximum atomic E-state index is 6.44. The average Bonchev–Trinajstić information content (AvgIpc) is 2.27. The van der Waals surface area contributed by atoms with Gasteiger partial charge in [-0.2, -0.15) is 0 Å². The van der Waals surface area contributed by atoms with Crippen molar-refractivity contribution >= 4 is 0 Å². The Hall–Kier alpha value is -0.120. The fraction of sp³-hybridized carbons (Fsp3) is 1.00. The van der Waals surface area contributed by atoms with E-state index in [0.717, 1.165) is 31.5 Å². The second-order valence-electron chi connectivity index (χ2n) is 9.03. The third kappa shape index (κ3) is 4.67. The van der Waals surface area contributed by atoms with Gasteiger partial charge in [-0.05, 0) is 64.7 Å². The maximum Gasteiger partial charge on any atom is 0.0760 e. The fourth-order valence-electron chi connectivity index (χ4n) is 4.55. The highest BCUT2D eigenvalue weighted by Gasteiger charge is 2.40. The Morgan fingerprint density at radius 3 is 2.19 bits per heavy atom. The fourth-order valence-corrected chi connectivity index (χ4v) is 4.55. The Labute approximate surface area is 131 Å². The molecule has 3 heteroatoms. The molecule has 0 bridgehead atoms. The number of hydrogen-bond donors (Lipinski definition) is 1. The maximum absolute atomic E-state index is 6.44. The minimum absolute atomic E-state index is 0.0576. The average molecular weight is 296 g/mol. The Balaban J connectivity index is 1.99. The van der Waals surface area contributed by atoms with Crippen molar-refractivity contribution in [1.82, 2.24) is 4.90 Å². The van der Waals surface area contributed by atoms with E-state index in [1.807, 2.05) is 0 Å².